The number of nitrogens with one attached hydrogen (secondary N) is 1. The molecule has 7 nitrogen and oxygen atoms in total. The highest BCUT2D eigenvalue weighted by Gasteiger charge is 2.29. The van der Waals surface area contributed by atoms with Crippen LogP contribution in [0.2, 0.25) is 0 Å². The molecule has 0 spiro atoms. The van der Waals surface area contributed by atoms with Crippen molar-refractivity contribution in [2.24, 2.45) is 0 Å². The van der Waals surface area contributed by atoms with E-state index in [2.05, 4.69) is 16.9 Å². The summed E-state index contributed by atoms with van der Waals surface area (Å²) in [5, 5.41) is 7.50. The van der Waals surface area contributed by atoms with E-state index in [0.29, 0.717) is 30.9 Å². The Kier molecular flexibility index (Phi) is 7.13. The number of pyridine rings is 1. The third-order valence-corrected chi connectivity index (χ3v) is 6.87. The van der Waals surface area contributed by atoms with E-state index in [0.717, 1.165) is 34.4 Å². The zero-order chi connectivity index (χ0) is 26.6. The van der Waals surface area contributed by atoms with Crippen molar-refractivity contribution < 1.29 is 14.0 Å². The van der Waals surface area contributed by atoms with Crippen molar-refractivity contribution in [3.8, 4) is 22.5 Å². The monoisotopic (exact) mass is 509 g/mol. The Morgan fingerprint density at radius 3 is 2.71 bits per heavy atom. The number of carbonyl (C=O) groups excluding carboxylic acids is 2. The molecule has 5 rings (SSSR count). The van der Waals surface area contributed by atoms with Gasteiger partial charge in [-0.3, -0.25) is 19.3 Å². The maximum Gasteiger partial charge on any atom is 0.251 e. The fourth-order valence-electron chi connectivity index (χ4n) is 4.87. The minimum atomic E-state index is -0.303. The van der Waals surface area contributed by atoms with E-state index in [1.165, 1.54) is 18.2 Å². The van der Waals surface area contributed by atoms with Crippen LogP contribution in [-0.2, 0) is 11.3 Å². The molecule has 1 N–H and O–H groups in total. The lowest BCUT2D eigenvalue weighted by atomic mass is 9.92. The maximum absolute atomic E-state index is 13.5. The Morgan fingerprint density at radius 2 is 1.95 bits per heavy atom. The minimum Gasteiger partial charge on any atom is -0.355 e. The zero-order valence-electron chi connectivity index (χ0n) is 21.1. The lowest BCUT2D eigenvalue weighted by Gasteiger charge is -2.17. The van der Waals surface area contributed by atoms with Gasteiger partial charge in [0.25, 0.3) is 5.91 Å². The molecule has 0 saturated carbocycles. The average Bonchev–Trinajstić information content (AvgIpc) is 3.63. The predicted molar refractivity (Wildman–Crippen MR) is 144 cm³/mol. The van der Waals surface area contributed by atoms with E-state index < -0.39 is 0 Å². The molecular weight excluding hydrogens is 481 g/mol. The first-order chi connectivity index (χ1) is 18.4. The quantitative estimate of drug-likeness (QED) is 0.368. The Labute approximate surface area is 220 Å². The van der Waals surface area contributed by atoms with E-state index in [1.54, 1.807) is 30.1 Å². The number of rotatable bonds is 7. The van der Waals surface area contributed by atoms with Crippen LogP contribution in [0.3, 0.4) is 0 Å². The summed E-state index contributed by atoms with van der Waals surface area (Å²) in [6.45, 7) is 5.36. The van der Waals surface area contributed by atoms with Crippen LogP contribution in [0.5, 0.6) is 0 Å². The summed E-state index contributed by atoms with van der Waals surface area (Å²) < 4.78 is 15.4. The van der Waals surface area contributed by atoms with Gasteiger partial charge in [0.1, 0.15) is 5.82 Å². The second-order valence-electron chi connectivity index (χ2n) is 9.32. The van der Waals surface area contributed by atoms with Crippen molar-refractivity contribution in [3.05, 3.63) is 108 Å². The van der Waals surface area contributed by atoms with Gasteiger partial charge in [-0.2, -0.15) is 5.10 Å². The summed E-state index contributed by atoms with van der Waals surface area (Å²) in [5.74, 6) is -0.405. The fraction of sp³-hybridized carbons (Fsp3) is 0.200. The van der Waals surface area contributed by atoms with Gasteiger partial charge in [0.05, 0.1) is 17.9 Å². The van der Waals surface area contributed by atoms with E-state index in [-0.39, 0.29) is 23.5 Å². The van der Waals surface area contributed by atoms with Crippen molar-refractivity contribution in [2.75, 3.05) is 20.1 Å². The smallest absolute Gasteiger partial charge is 0.251 e. The number of nitrogens with zero attached hydrogens (tertiary/aromatic N) is 4. The van der Waals surface area contributed by atoms with Crippen LogP contribution in [-0.4, -0.2) is 51.6 Å². The van der Waals surface area contributed by atoms with Crippen molar-refractivity contribution in [1.82, 2.24) is 25.0 Å². The van der Waals surface area contributed by atoms with Crippen LogP contribution >= 0.6 is 0 Å². The fourth-order valence-corrected chi connectivity index (χ4v) is 4.87. The normalized spacial score (nSPS) is 14.9. The lowest BCUT2D eigenvalue weighted by molar-refractivity contribution is -0.125. The lowest BCUT2D eigenvalue weighted by Crippen LogP contribution is -2.26. The summed E-state index contributed by atoms with van der Waals surface area (Å²) in [5.41, 5.74) is 5.79. The summed E-state index contributed by atoms with van der Waals surface area (Å²) in [6, 6.07) is 17.6. The number of halogens is 1. The summed E-state index contributed by atoms with van der Waals surface area (Å²) >= 11 is 0. The first kappa shape index (κ1) is 25.1. The summed E-state index contributed by atoms with van der Waals surface area (Å²) in [6.07, 6.45) is 5.93. The number of hydrogen-bond acceptors (Lipinski definition) is 4. The third-order valence-electron chi connectivity index (χ3n) is 6.87. The van der Waals surface area contributed by atoms with Crippen LogP contribution < -0.4 is 5.32 Å². The topological polar surface area (TPSA) is 80.1 Å². The molecule has 1 atom stereocenters. The van der Waals surface area contributed by atoms with Crippen molar-refractivity contribution >= 4 is 11.8 Å². The summed E-state index contributed by atoms with van der Waals surface area (Å²) in [4.78, 5) is 30.7. The van der Waals surface area contributed by atoms with Crippen molar-refractivity contribution in [2.45, 2.75) is 18.9 Å². The highest BCUT2D eigenvalue weighted by Crippen LogP contribution is 2.36. The molecule has 0 bridgehead atoms. The average molecular weight is 510 g/mol. The van der Waals surface area contributed by atoms with Gasteiger partial charge in [0, 0.05) is 55.1 Å². The standard InChI is InChI=1S/C30H28FN5O2/c1-3-29(37)35-13-11-23(19-35)26-17-33-28(21-7-9-24(31)10-8-21)16-25(26)27-12-14-36(34-27)18-20-5-4-6-22(15-20)30(38)32-2/h3-10,12,14-17,23H,1,11,13,18-19H2,2H3,(H,32,38). The van der Waals surface area contributed by atoms with Crippen LogP contribution in [0.1, 0.15) is 33.8 Å². The number of carbonyl (C=O) groups is 2. The molecule has 1 aliphatic rings. The second-order valence-corrected chi connectivity index (χ2v) is 9.32. The Bertz CT molecular complexity index is 1490. The minimum absolute atomic E-state index is 0.0757. The van der Waals surface area contributed by atoms with Crippen molar-refractivity contribution in [1.29, 1.82) is 0 Å². The molecule has 1 fully saturated rings. The second kappa shape index (κ2) is 10.8. The van der Waals surface area contributed by atoms with Gasteiger partial charge in [0.2, 0.25) is 5.91 Å². The van der Waals surface area contributed by atoms with Crippen LogP contribution in [0.15, 0.2) is 85.7 Å². The van der Waals surface area contributed by atoms with Gasteiger partial charge in [-0.1, -0.05) is 18.7 Å². The summed E-state index contributed by atoms with van der Waals surface area (Å²) in [7, 11) is 1.61. The first-order valence-corrected chi connectivity index (χ1v) is 12.5. The highest BCUT2D eigenvalue weighted by molar-refractivity contribution is 5.94. The molecule has 2 amide bonds. The largest absolute Gasteiger partial charge is 0.355 e. The molecule has 2 aromatic carbocycles. The number of aromatic nitrogens is 3. The molecular formula is C30H28FN5O2. The molecule has 8 heteroatoms. The van der Waals surface area contributed by atoms with Crippen LogP contribution in [0, 0.1) is 5.82 Å². The Balaban J connectivity index is 1.49. The van der Waals surface area contributed by atoms with Crippen molar-refractivity contribution in [3.63, 3.8) is 0 Å². The highest BCUT2D eigenvalue weighted by atomic mass is 19.1. The van der Waals surface area contributed by atoms with Gasteiger partial charge < -0.3 is 10.2 Å². The first-order valence-electron chi connectivity index (χ1n) is 12.5. The molecule has 3 heterocycles. The zero-order valence-corrected chi connectivity index (χ0v) is 21.1. The van der Waals surface area contributed by atoms with Crippen LogP contribution in [0.4, 0.5) is 4.39 Å². The third kappa shape index (κ3) is 5.25. The predicted octanol–water partition coefficient (Wildman–Crippen LogP) is 4.66. The molecule has 1 aliphatic heterocycles. The van der Waals surface area contributed by atoms with Gasteiger partial charge in [0.15, 0.2) is 0 Å². The maximum atomic E-state index is 13.5. The Morgan fingerprint density at radius 1 is 1.13 bits per heavy atom. The molecule has 1 unspecified atom stereocenters. The number of hydrogen-bond donors (Lipinski definition) is 1. The molecule has 1 saturated heterocycles. The van der Waals surface area contributed by atoms with E-state index in [9.17, 15) is 14.0 Å². The SMILES string of the molecule is C=CC(=O)N1CCC(c2cnc(-c3ccc(F)cc3)cc2-c2ccn(Cc3cccc(C(=O)NC)c3)n2)C1. The number of amides is 2. The van der Waals surface area contributed by atoms with Crippen LogP contribution in [0.25, 0.3) is 22.5 Å². The van der Waals surface area contributed by atoms with Gasteiger partial charge in [-0.15, -0.1) is 0 Å². The van der Waals surface area contributed by atoms with E-state index in [4.69, 9.17) is 5.10 Å². The molecule has 192 valence electrons. The molecule has 4 aromatic rings. The molecule has 0 radical (unpaired) electrons. The number of benzene rings is 2. The van der Waals surface area contributed by atoms with Gasteiger partial charge >= 0.3 is 0 Å². The van der Waals surface area contributed by atoms with E-state index >= 15 is 0 Å². The molecule has 0 aliphatic carbocycles. The van der Waals surface area contributed by atoms with Gasteiger partial charge in [-0.05, 0) is 72.2 Å². The Hall–Kier alpha value is -4.59. The molecule has 38 heavy (non-hydrogen) atoms. The number of likely N-dealkylation sites (tertiary alicyclic amines) is 1. The van der Waals surface area contributed by atoms with Gasteiger partial charge in [-0.25, -0.2) is 4.39 Å². The molecule has 2 aromatic heterocycles. The van der Waals surface area contributed by atoms with E-state index in [1.807, 2.05) is 47.4 Å².